The number of aliphatic hydroxyl groups is 2. The summed E-state index contributed by atoms with van der Waals surface area (Å²) in [6, 6.07) is 0. The fourth-order valence-corrected chi connectivity index (χ4v) is 1.97. The molecular weight excluding hydrogens is 152 g/mol. The van der Waals surface area contributed by atoms with Crippen LogP contribution < -0.4 is 0 Å². The first-order chi connectivity index (χ1) is 5.74. The van der Waals surface area contributed by atoms with Crippen molar-refractivity contribution in [2.45, 2.75) is 57.7 Å². The van der Waals surface area contributed by atoms with Crippen LogP contribution in [0.5, 0.6) is 0 Å². The van der Waals surface area contributed by atoms with Gasteiger partial charge in [-0.05, 0) is 25.2 Å². The standard InChI is InChI=1S/C10H20O2/c1-2-3-4-8-5-6-9(11)10(12)7-8/h8-12H,2-7H2,1H3. The molecule has 2 N–H and O–H groups in total. The highest BCUT2D eigenvalue weighted by molar-refractivity contribution is 4.78. The molecule has 1 rings (SSSR count). The predicted molar refractivity (Wildman–Crippen MR) is 48.9 cm³/mol. The Balaban J connectivity index is 2.21. The van der Waals surface area contributed by atoms with E-state index >= 15 is 0 Å². The van der Waals surface area contributed by atoms with Crippen LogP contribution in [0.2, 0.25) is 0 Å². The first-order valence-electron chi connectivity index (χ1n) is 5.10. The van der Waals surface area contributed by atoms with Crippen molar-refractivity contribution >= 4 is 0 Å². The van der Waals surface area contributed by atoms with Crippen molar-refractivity contribution < 1.29 is 10.2 Å². The summed E-state index contributed by atoms with van der Waals surface area (Å²) in [5.41, 5.74) is 0. The monoisotopic (exact) mass is 172 g/mol. The van der Waals surface area contributed by atoms with Crippen LogP contribution in [-0.2, 0) is 0 Å². The van der Waals surface area contributed by atoms with E-state index in [1.165, 1.54) is 19.3 Å². The van der Waals surface area contributed by atoms with Crippen molar-refractivity contribution in [3.8, 4) is 0 Å². The molecule has 2 heteroatoms. The molecule has 0 spiro atoms. The van der Waals surface area contributed by atoms with Gasteiger partial charge in [0.15, 0.2) is 0 Å². The van der Waals surface area contributed by atoms with E-state index in [0.29, 0.717) is 5.92 Å². The molecule has 0 aliphatic heterocycles. The minimum absolute atomic E-state index is 0.456. The topological polar surface area (TPSA) is 40.5 Å². The number of hydrogen-bond donors (Lipinski definition) is 2. The second-order valence-electron chi connectivity index (χ2n) is 3.96. The van der Waals surface area contributed by atoms with Gasteiger partial charge in [0.05, 0.1) is 12.2 Å². The second kappa shape index (κ2) is 4.83. The van der Waals surface area contributed by atoms with Gasteiger partial charge in [0.25, 0.3) is 0 Å². The third-order valence-electron chi connectivity index (χ3n) is 2.86. The molecule has 1 fully saturated rings. The summed E-state index contributed by atoms with van der Waals surface area (Å²) < 4.78 is 0. The fraction of sp³-hybridized carbons (Fsp3) is 1.00. The normalized spacial score (nSPS) is 36.8. The lowest BCUT2D eigenvalue weighted by molar-refractivity contribution is -0.0267. The summed E-state index contributed by atoms with van der Waals surface area (Å²) in [7, 11) is 0. The van der Waals surface area contributed by atoms with Crippen LogP contribution >= 0.6 is 0 Å². The largest absolute Gasteiger partial charge is 0.390 e. The minimum atomic E-state index is -0.458. The van der Waals surface area contributed by atoms with Crippen LogP contribution in [-0.4, -0.2) is 22.4 Å². The Bertz CT molecular complexity index is 123. The van der Waals surface area contributed by atoms with E-state index in [4.69, 9.17) is 0 Å². The van der Waals surface area contributed by atoms with Gasteiger partial charge in [0.2, 0.25) is 0 Å². The lowest BCUT2D eigenvalue weighted by Crippen LogP contribution is -2.33. The molecule has 1 saturated carbocycles. The average molecular weight is 172 g/mol. The van der Waals surface area contributed by atoms with Gasteiger partial charge >= 0.3 is 0 Å². The maximum absolute atomic E-state index is 9.40. The van der Waals surface area contributed by atoms with E-state index in [0.717, 1.165) is 19.3 Å². The average Bonchev–Trinajstić information content (AvgIpc) is 2.07. The SMILES string of the molecule is CCCCC1CCC(O)C(O)C1. The quantitative estimate of drug-likeness (QED) is 0.680. The third-order valence-corrected chi connectivity index (χ3v) is 2.86. The first kappa shape index (κ1) is 10.0. The number of aliphatic hydroxyl groups excluding tert-OH is 2. The Labute approximate surface area is 74.6 Å². The highest BCUT2D eigenvalue weighted by atomic mass is 16.3. The van der Waals surface area contributed by atoms with Gasteiger partial charge in [-0.15, -0.1) is 0 Å². The summed E-state index contributed by atoms with van der Waals surface area (Å²) >= 11 is 0. The fourth-order valence-electron chi connectivity index (χ4n) is 1.97. The van der Waals surface area contributed by atoms with E-state index in [9.17, 15) is 10.2 Å². The molecule has 0 aromatic heterocycles. The second-order valence-corrected chi connectivity index (χ2v) is 3.96. The van der Waals surface area contributed by atoms with Crippen molar-refractivity contribution in [1.82, 2.24) is 0 Å². The van der Waals surface area contributed by atoms with Gasteiger partial charge in [-0.3, -0.25) is 0 Å². The highest BCUT2D eigenvalue weighted by Crippen LogP contribution is 2.28. The van der Waals surface area contributed by atoms with Gasteiger partial charge in [-0.2, -0.15) is 0 Å². The van der Waals surface area contributed by atoms with Crippen molar-refractivity contribution in [3.05, 3.63) is 0 Å². The molecule has 1 aliphatic carbocycles. The molecule has 0 amide bonds. The van der Waals surface area contributed by atoms with Crippen LogP contribution in [0.15, 0.2) is 0 Å². The predicted octanol–water partition coefficient (Wildman–Crippen LogP) is 1.70. The zero-order valence-corrected chi connectivity index (χ0v) is 7.87. The molecule has 12 heavy (non-hydrogen) atoms. The van der Waals surface area contributed by atoms with Crippen LogP contribution in [0.4, 0.5) is 0 Å². The molecule has 0 aromatic rings. The molecule has 72 valence electrons. The van der Waals surface area contributed by atoms with Crippen molar-refractivity contribution in [1.29, 1.82) is 0 Å². The van der Waals surface area contributed by atoms with E-state index in [1.807, 2.05) is 0 Å². The van der Waals surface area contributed by atoms with Crippen LogP contribution in [0.1, 0.15) is 45.4 Å². The number of unbranched alkanes of at least 4 members (excludes halogenated alkanes) is 1. The number of rotatable bonds is 3. The van der Waals surface area contributed by atoms with Crippen LogP contribution in [0, 0.1) is 5.92 Å². The van der Waals surface area contributed by atoms with E-state index in [1.54, 1.807) is 0 Å². The molecule has 0 bridgehead atoms. The molecule has 3 atom stereocenters. The molecule has 0 radical (unpaired) electrons. The lowest BCUT2D eigenvalue weighted by atomic mass is 9.82. The van der Waals surface area contributed by atoms with Crippen molar-refractivity contribution in [3.63, 3.8) is 0 Å². The zero-order chi connectivity index (χ0) is 8.97. The lowest BCUT2D eigenvalue weighted by Gasteiger charge is -2.29. The zero-order valence-electron chi connectivity index (χ0n) is 7.87. The summed E-state index contributed by atoms with van der Waals surface area (Å²) in [6.07, 6.45) is 5.49. The van der Waals surface area contributed by atoms with Gasteiger partial charge in [-0.25, -0.2) is 0 Å². The molecule has 3 unspecified atom stereocenters. The molecular formula is C10H20O2. The van der Waals surface area contributed by atoms with Gasteiger partial charge < -0.3 is 10.2 Å². The molecule has 0 heterocycles. The Morgan fingerprint density at radius 3 is 2.50 bits per heavy atom. The smallest absolute Gasteiger partial charge is 0.0801 e. The Kier molecular flexibility index (Phi) is 4.02. The van der Waals surface area contributed by atoms with Gasteiger partial charge in [0, 0.05) is 0 Å². The third kappa shape index (κ3) is 2.76. The van der Waals surface area contributed by atoms with Gasteiger partial charge in [0.1, 0.15) is 0 Å². The first-order valence-corrected chi connectivity index (χ1v) is 5.10. The highest BCUT2D eigenvalue weighted by Gasteiger charge is 2.26. The van der Waals surface area contributed by atoms with E-state index in [-0.39, 0.29) is 0 Å². The van der Waals surface area contributed by atoms with Gasteiger partial charge in [-0.1, -0.05) is 26.2 Å². The summed E-state index contributed by atoms with van der Waals surface area (Å²) in [5.74, 6) is 0.656. The summed E-state index contributed by atoms with van der Waals surface area (Å²) in [5, 5.41) is 18.7. The van der Waals surface area contributed by atoms with E-state index in [2.05, 4.69) is 6.92 Å². The Morgan fingerprint density at radius 2 is 1.92 bits per heavy atom. The maximum Gasteiger partial charge on any atom is 0.0801 e. The summed E-state index contributed by atoms with van der Waals surface area (Å²) in [4.78, 5) is 0. The molecule has 1 aliphatic rings. The minimum Gasteiger partial charge on any atom is -0.390 e. The maximum atomic E-state index is 9.40. The van der Waals surface area contributed by atoms with Crippen molar-refractivity contribution in [2.75, 3.05) is 0 Å². The van der Waals surface area contributed by atoms with Crippen LogP contribution in [0.3, 0.4) is 0 Å². The Morgan fingerprint density at radius 1 is 1.17 bits per heavy atom. The Hall–Kier alpha value is -0.0800. The number of hydrogen-bond acceptors (Lipinski definition) is 2. The van der Waals surface area contributed by atoms with E-state index < -0.39 is 12.2 Å². The van der Waals surface area contributed by atoms with Crippen molar-refractivity contribution in [2.24, 2.45) is 5.92 Å². The molecule has 0 aromatic carbocycles. The molecule has 2 nitrogen and oxygen atoms in total. The van der Waals surface area contributed by atoms with Crippen LogP contribution in [0.25, 0.3) is 0 Å². The summed E-state index contributed by atoms with van der Waals surface area (Å²) in [6.45, 7) is 2.19. The molecule has 0 saturated heterocycles.